The predicted octanol–water partition coefficient (Wildman–Crippen LogP) is 5.13. The molecule has 0 spiro atoms. The molecule has 0 aliphatic rings. The summed E-state index contributed by atoms with van der Waals surface area (Å²) in [5.41, 5.74) is -1.08. The molecule has 0 saturated heterocycles. The number of alkyl halides is 7. The number of hydrogen-bond donors (Lipinski definition) is 0. The van der Waals surface area contributed by atoms with Crippen LogP contribution in [0.3, 0.4) is 0 Å². The van der Waals surface area contributed by atoms with Crippen molar-refractivity contribution in [3.8, 4) is 0 Å². The summed E-state index contributed by atoms with van der Waals surface area (Å²) >= 11 is 0. The number of rotatable bonds is 5. The molecule has 0 aliphatic carbocycles. The highest BCUT2D eigenvalue weighted by molar-refractivity contribution is 5.29. The Morgan fingerprint density at radius 3 is 2.05 bits per heavy atom. The Morgan fingerprint density at radius 1 is 0.950 bits per heavy atom. The van der Waals surface area contributed by atoms with Crippen LogP contribution in [0.15, 0.2) is 24.3 Å². The maximum absolute atomic E-state index is 13.4. The highest BCUT2D eigenvalue weighted by Gasteiger charge is 2.73. The lowest BCUT2D eigenvalue weighted by molar-refractivity contribution is -0.359. The quantitative estimate of drug-likeness (QED) is 0.661. The van der Waals surface area contributed by atoms with E-state index < -0.39 is 23.6 Å². The zero-order valence-corrected chi connectivity index (χ0v) is 10.3. The molecule has 0 atom stereocenters. The van der Waals surface area contributed by atoms with Gasteiger partial charge in [-0.2, -0.15) is 30.7 Å². The van der Waals surface area contributed by atoms with Crippen molar-refractivity contribution in [1.29, 1.82) is 0 Å². The number of benzene rings is 1. The largest absolute Gasteiger partial charge is 0.460 e. The second-order valence-corrected chi connectivity index (χ2v) is 4.30. The third-order valence-electron chi connectivity index (χ3n) is 2.76. The van der Waals surface area contributed by atoms with Crippen molar-refractivity contribution in [3.63, 3.8) is 0 Å². The molecule has 0 saturated carbocycles. The highest BCUT2D eigenvalue weighted by Crippen LogP contribution is 2.51. The van der Waals surface area contributed by atoms with E-state index in [1.54, 1.807) is 0 Å². The summed E-state index contributed by atoms with van der Waals surface area (Å²) in [6, 6.07) is 3.66. The van der Waals surface area contributed by atoms with Crippen LogP contribution >= 0.6 is 0 Å². The molecule has 0 heterocycles. The molecule has 20 heavy (non-hydrogen) atoms. The van der Waals surface area contributed by atoms with E-state index in [1.165, 1.54) is 6.07 Å². The molecule has 7 heteroatoms. The summed E-state index contributed by atoms with van der Waals surface area (Å²) < 4.78 is 88.9. The van der Waals surface area contributed by atoms with Gasteiger partial charge in [0.2, 0.25) is 0 Å². The second kappa shape index (κ2) is 5.61. The lowest BCUT2D eigenvalue weighted by Crippen LogP contribution is -2.50. The van der Waals surface area contributed by atoms with Crippen LogP contribution in [-0.4, -0.2) is 12.1 Å². The molecule has 0 amide bonds. The van der Waals surface area contributed by atoms with E-state index in [1.807, 2.05) is 0 Å². The first-order chi connectivity index (χ1) is 9.04. The lowest BCUT2D eigenvalue weighted by Gasteiger charge is -2.28. The van der Waals surface area contributed by atoms with Crippen LogP contribution < -0.4 is 0 Å². The molecule has 1 aromatic rings. The first-order valence-corrected chi connectivity index (χ1v) is 5.75. The summed E-state index contributed by atoms with van der Waals surface area (Å²) in [6.07, 6.45) is -5.02. The number of hydrogen-bond acceptors (Lipinski definition) is 0. The zero-order chi connectivity index (χ0) is 15.6. The molecule has 0 unspecified atom stereocenters. The third kappa shape index (κ3) is 3.07. The van der Waals surface area contributed by atoms with Gasteiger partial charge in [-0.1, -0.05) is 31.5 Å². The van der Waals surface area contributed by atoms with Gasteiger partial charge in [-0.3, -0.25) is 0 Å². The molecule has 0 aromatic heterocycles. The summed E-state index contributed by atoms with van der Waals surface area (Å²) in [7, 11) is 0. The standard InChI is InChI=1S/C13H12F7/c1-2-3-5-9-6-4-7-10(8-9)11(14,15)12(16,17)13(18,19)20/h4,6-8H,1-3,5H2. The maximum atomic E-state index is 13.4. The van der Waals surface area contributed by atoms with E-state index in [0.717, 1.165) is 6.07 Å². The topological polar surface area (TPSA) is 0 Å². The Labute approximate surface area is 111 Å². The first kappa shape index (κ1) is 16.8. The van der Waals surface area contributed by atoms with Crippen molar-refractivity contribution < 1.29 is 30.7 Å². The van der Waals surface area contributed by atoms with Gasteiger partial charge in [0.15, 0.2) is 0 Å². The van der Waals surface area contributed by atoms with Gasteiger partial charge in [0.25, 0.3) is 0 Å². The first-order valence-electron chi connectivity index (χ1n) is 5.75. The van der Waals surface area contributed by atoms with E-state index in [9.17, 15) is 30.7 Å². The van der Waals surface area contributed by atoms with Gasteiger partial charge in [-0.15, -0.1) is 0 Å². The van der Waals surface area contributed by atoms with Crippen molar-refractivity contribution in [1.82, 2.24) is 0 Å². The SMILES string of the molecule is [CH2]CCCc1cccc(C(F)(F)C(F)(F)C(F)(F)F)c1. The Bertz CT molecular complexity index is 448. The molecule has 0 nitrogen and oxygen atoms in total. The van der Waals surface area contributed by atoms with Crippen LogP contribution in [0.5, 0.6) is 0 Å². The number of unbranched alkanes of at least 4 members (excludes halogenated alkanes) is 1. The molecule has 113 valence electrons. The summed E-state index contributed by atoms with van der Waals surface area (Å²) in [6.45, 7) is 3.53. The van der Waals surface area contributed by atoms with Crippen molar-refractivity contribution in [2.75, 3.05) is 0 Å². The minimum Gasteiger partial charge on any atom is -0.194 e. The summed E-state index contributed by atoms with van der Waals surface area (Å²) in [4.78, 5) is 0. The van der Waals surface area contributed by atoms with E-state index in [0.29, 0.717) is 25.0 Å². The zero-order valence-electron chi connectivity index (χ0n) is 10.3. The predicted molar refractivity (Wildman–Crippen MR) is 59.6 cm³/mol. The maximum Gasteiger partial charge on any atom is 0.460 e. The van der Waals surface area contributed by atoms with Crippen LogP contribution in [-0.2, 0) is 12.3 Å². The van der Waals surface area contributed by atoms with Gasteiger partial charge in [-0.05, 0) is 24.5 Å². The molecule has 1 rings (SSSR count). The van der Waals surface area contributed by atoms with Crippen molar-refractivity contribution in [2.45, 2.75) is 37.3 Å². The monoisotopic (exact) mass is 301 g/mol. The number of halogens is 7. The average molecular weight is 301 g/mol. The highest BCUT2D eigenvalue weighted by atomic mass is 19.4. The normalized spacial score (nSPS) is 13.6. The molecule has 0 bridgehead atoms. The van der Waals surface area contributed by atoms with E-state index in [-0.39, 0.29) is 12.0 Å². The van der Waals surface area contributed by atoms with Crippen molar-refractivity contribution in [3.05, 3.63) is 42.3 Å². The van der Waals surface area contributed by atoms with Gasteiger partial charge in [0.05, 0.1) is 0 Å². The van der Waals surface area contributed by atoms with Crippen LogP contribution in [0.1, 0.15) is 24.0 Å². The minimum absolute atomic E-state index is 0.267. The van der Waals surface area contributed by atoms with E-state index in [4.69, 9.17) is 0 Å². The minimum atomic E-state index is -6.32. The van der Waals surface area contributed by atoms with Crippen molar-refractivity contribution >= 4 is 0 Å². The molecule has 1 radical (unpaired) electrons. The van der Waals surface area contributed by atoms with Gasteiger partial charge < -0.3 is 0 Å². The lowest BCUT2D eigenvalue weighted by atomic mass is 9.98. The summed E-state index contributed by atoms with van der Waals surface area (Å²) in [5.74, 6) is -11.4. The van der Waals surface area contributed by atoms with Crippen molar-refractivity contribution in [2.24, 2.45) is 0 Å². The Morgan fingerprint density at radius 2 is 1.55 bits per heavy atom. The fraction of sp³-hybridized carbons (Fsp3) is 0.462. The Hall–Kier alpha value is -1.27. The average Bonchev–Trinajstić information content (AvgIpc) is 2.35. The fourth-order valence-corrected chi connectivity index (χ4v) is 1.61. The smallest absolute Gasteiger partial charge is 0.194 e. The van der Waals surface area contributed by atoms with Crippen LogP contribution in [0.2, 0.25) is 0 Å². The molecular formula is C13H12F7. The number of aryl methyl sites for hydroxylation is 1. The van der Waals surface area contributed by atoms with Crippen LogP contribution in [0.4, 0.5) is 30.7 Å². The summed E-state index contributed by atoms with van der Waals surface area (Å²) in [5, 5.41) is 0. The third-order valence-corrected chi connectivity index (χ3v) is 2.76. The second-order valence-electron chi connectivity index (χ2n) is 4.30. The van der Waals surface area contributed by atoms with E-state index >= 15 is 0 Å². The molecular weight excluding hydrogens is 289 g/mol. The van der Waals surface area contributed by atoms with Gasteiger partial charge in [-0.25, -0.2) is 0 Å². The van der Waals surface area contributed by atoms with Gasteiger partial charge >= 0.3 is 18.0 Å². The molecule has 1 aromatic carbocycles. The Balaban J connectivity index is 3.15. The fourth-order valence-electron chi connectivity index (χ4n) is 1.61. The van der Waals surface area contributed by atoms with Crippen LogP contribution in [0.25, 0.3) is 0 Å². The molecule has 0 fully saturated rings. The molecule has 0 N–H and O–H groups in total. The Kier molecular flexibility index (Phi) is 4.71. The molecule has 0 aliphatic heterocycles. The van der Waals surface area contributed by atoms with Gasteiger partial charge in [0.1, 0.15) is 0 Å². The van der Waals surface area contributed by atoms with Crippen LogP contribution in [0, 0.1) is 6.92 Å². The van der Waals surface area contributed by atoms with Gasteiger partial charge in [0, 0.05) is 5.56 Å². The van der Waals surface area contributed by atoms with E-state index in [2.05, 4.69) is 6.92 Å².